The number of rotatable bonds is 5. The predicted molar refractivity (Wildman–Crippen MR) is 77.5 cm³/mol. The van der Waals surface area contributed by atoms with Crippen LogP contribution in [0.25, 0.3) is 0 Å². The normalized spacial score (nSPS) is 11.7. The van der Waals surface area contributed by atoms with Gasteiger partial charge in [-0.15, -0.1) is 0 Å². The molecule has 2 rings (SSSR count). The Labute approximate surface area is 117 Å². The zero-order valence-corrected chi connectivity index (χ0v) is 11.2. The maximum atomic E-state index is 12.1. The summed E-state index contributed by atoms with van der Waals surface area (Å²) in [6, 6.07) is 12.5. The van der Waals surface area contributed by atoms with E-state index in [1.807, 2.05) is 30.3 Å². The van der Waals surface area contributed by atoms with Gasteiger partial charge < -0.3 is 15.8 Å². The van der Waals surface area contributed by atoms with E-state index in [4.69, 9.17) is 10.5 Å². The lowest BCUT2D eigenvalue weighted by atomic mass is 10.1. The zero-order valence-electron chi connectivity index (χ0n) is 11.2. The van der Waals surface area contributed by atoms with E-state index in [2.05, 4.69) is 10.3 Å². The summed E-state index contributed by atoms with van der Waals surface area (Å²) in [6.07, 6.45) is 2.08. The Kier molecular flexibility index (Phi) is 4.68. The highest BCUT2D eigenvalue weighted by atomic mass is 16.5. The van der Waals surface area contributed by atoms with Crippen LogP contribution in [0.5, 0.6) is 5.88 Å². The van der Waals surface area contributed by atoms with E-state index < -0.39 is 6.04 Å². The van der Waals surface area contributed by atoms with Crippen LogP contribution in [0.4, 0.5) is 5.69 Å². The molecule has 0 fully saturated rings. The SMILES string of the molecule is COc1ncccc1NC(=O)[C@H](N)Cc1ccccc1. The number of nitrogens with zero attached hydrogens (tertiary/aromatic N) is 1. The quantitative estimate of drug-likeness (QED) is 0.866. The number of benzene rings is 1. The van der Waals surface area contributed by atoms with E-state index in [9.17, 15) is 4.79 Å². The Morgan fingerprint density at radius 3 is 2.75 bits per heavy atom. The van der Waals surface area contributed by atoms with E-state index >= 15 is 0 Å². The number of hydrogen-bond acceptors (Lipinski definition) is 4. The number of ether oxygens (including phenoxy) is 1. The van der Waals surface area contributed by atoms with Gasteiger partial charge in [-0.2, -0.15) is 0 Å². The molecule has 0 radical (unpaired) electrons. The number of aromatic nitrogens is 1. The van der Waals surface area contributed by atoms with Crippen molar-refractivity contribution < 1.29 is 9.53 Å². The first-order chi connectivity index (χ1) is 9.70. The van der Waals surface area contributed by atoms with E-state index in [-0.39, 0.29) is 5.91 Å². The van der Waals surface area contributed by atoms with E-state index in [1.54, 1.807) is 18.3 Å². The smallest absolute Gasteiger partial charge is 0.241 e. The Morgan fingerprint density at radius 1 is 1.30 bits per heavy atom. The molecule has 1 heterocycles. The Hall–Kier alpha value is -2.40. The summed E-state index contributed by atoms with van der Waals surface area (Å²) in [6.45, 7) is 0. The minimum atomic E-state index is -0.623. The third-order valence-electron chi connectivity index (χ3n) is 2.86. The highest BCUT2D eigenvalue weighted by molar-refractivity contribution is 5.95. The Bertz CT molecular complexity index is 572. The molecule has 0 saturated heterocycles. The standard InChI is InChI=1S/C15H17N3O2/c1-20-15-13(8-5-9-17-15)18-14(19)12(16)10-11-6-3-2-4-7-11/h2-9,12H,10,16H2,1H3,(H,18,19)/t12-/m1/s1. The second kappa shape index (κ2) is 6.68. The van der Waals surface area contributed by atoms with Crippen LogP contribution in [-0.4, -0.2) is 24.0 Å². The third kappa shape index (κ3) is 3.55. The third-order valence-corrected chi connectivity index (χ3v) is 2.86. The van der Waals surface area contributed by atoms with Gasteiger partial charge in [0.1, 0.15) is 5.69 Å². The van der Waals surface area contributed by atoms with Gasteiger partial charge in [-0.3, -0.25) is 4.79 Å². The lowest BCUT2D eigenvalue weighted by Gasteiger charge is -2.13. The molecular weight excluding hydrogens is 254 g/mol. The summed E-state index contributed by atoms with van der Waals surface area (Å²) in [7, 11) is 1.50. The largest absolute Gasteiger partial charge is 0.480 e. The van der Waals surface area contributed by atoms with E-state index in [0.717, 1.165) is 5.56 Å². The average Bonchev–Trinajstić information content (AvgIpc) is 2.48. The summed E-state index contributed by atoms with van der Waals surface area (Å²) in [5.74, 6) is 0.105. The molecule has 0 aliphatic rings. The molecule has 5 heteroatoms. The van der Waals surface area contributed by atoms with E-state index in [1.165, 1.54) is 7.11 Å². The summed E-state index contributed by atoms with van der Waals surface area (Å²) in [4.78, 5) is 16.1. The first-order valence-electron chi connectivity index (χ1n) is 6.30. The fourth-order valence-electron chi connectivity index (χ4n) is 1.83. The second-order valence-electron chi connectivity index (χ2n) is 4.35. The maximum Gasteiger partial charge on any atom is 0.241 e. The number of hydrogen-bond donors (Lipinski definition) is 2. The fraction of sp³-hybridized carbons (Fsp3) is 0.200. The monoisotopic (exact) mass is 271 g/mol. The summed E-state index contributed by atoms with van der Waals surface area (Å²) < 4.78 is 5.08. The Morgan fingerprint density at radius 2 is 2.05 bits per heavy atom. The number of amides is 1. The molecule has 1 aromatic heterocycles. The predicted octanol–water partition coefficient (Wildman–Crippen LogP) is 1.60. The molecule has 20 heavy (non-hydrogen) atoms. The van der Waals surface area contributed by atoms with Gasteiger partial charge in [-0.1, -0.05) is 30.3 Å². The van der Waals surface area contributed by atoms with Crippen LogP contribution in [0.2, 0.25) is 0 Å². The van der Waals surface area contributed by atoms with Crippen molar-refractivity contribution in [2.45, 2.75) is 12.5 Å². The molecule has 0 aliphatic carbocycles. The van der Waals surface area contributed by atoms with Crippen molar-refractivity contribution in [3.63, 3.8) is 0 Å². The van der Waals surface area contributed by atoms with Gasteiger partial charge in [0, 0.05) is 6.20 Å². The number of methoxy groups -OCH3 is 1. The number of pyridine rings is 1. The molecule has 104 valence electrons. The van der Waals surface area contributed by atoms with Crippen LogP contribution in [0.1, 0.15) is 5.56 Å². The number of carbonyl (C=O) groups is 1. The number of anilines is 1. The maximum absolute atomic E-state index is 12.1. The lowest BCUT2D eigenvalue weighted by molar-refractivity contribution is -0.117. The lowest BCUT2D eigenvalue weighted by Crippen LogP contribution is -2.37. The molecule has 1 atom stereocenters. The van der Waals surface area contributed by atoms with Crippen molar-refractivity contribution in [3.8, 4) is 5.88 Å². The van der Waals surface area contributed by atoms with E-state index in [0.29, 0.717) is 18.0 Å². The van der Waals surface area contributed by atoms with Crippen molar-refractivity contribution in [2.24, 2.45) is 5.73 Å². The van der Waals surface area contributed by atoms with Gasteiger partial charge in [-0.25, -0.2) is 4.98 Å². The van der Waals surface area contributed by atoms with Crippen molar-refractivity contribution >= 4 is 11.6 Å². The number of nitrogens with two attached hydrogens (primary N) is 1. The molecule has 0 aliphatic heterocycles. The van der Waals surface area contributed by atoms with Gasteiger partial charge >= 0.3 is 0 Å². The van der Waals surface area contributed by atoms with Crippen LogP contribution < -0.4 is 15.8 Å². The molecule has 0 bridgehead atoms. The summed E-state index contributed by atoms with van der Waals surface area (Å²) in [5, 5.41) is 2.73. The van der Waals surface area contributed by atoms with Gasteiger partial charge in [0.2, 0.25) is 11.8 Å². The van der Waals surface area contributed by atoms with Crippen molar-refractivity contribution in [2.75, 3.05) is 12.4 Å². The molecule has 1 amide bonds. The summed E-state index contributed by atoms with van der Waals surface area (Å²) in [5.41, 5.74) is 7.45. The minimum Gasteiger partial charge on any atom is -0.480 e. The molecule has 2 aromatic rings. The molecule has 3 N–H and O–H groups in total. The fourth-order valence-corrected chi connectivity index (χ4v) is 1.83. The average molecular weight is 271 g/mol. The van der Waals surface area contributed by atoms with Gasteiger partial charge in [0.25, 0.3) is 0 Å². The van der Waals surface area contributed by atoms with Crippen LogP contribution >= 0.6 is 0 Å². The molecule has 0 saturated carbocycles. The van der Waals surface area contributed by atoms with Crippen molar-refractivity contribution in [1.29, 1.82) is 0 Å². The van der Waals surface area contributed by atoms with Crippen LogP contribution in [-0.2, 0) is 11.2 Å². The second-order valence-corrected chi connectivity index (χ2v) is 4.35. The molecular formula is C15H17N3O2. The molecule has 5 nitrogen and oxygen atoms in total. The highest BCUT2D eigenvalue weighted by Crippen LogP contribution is 2.19. The number of carbonyl (C=O) groups excluding carboxylic acids is 1. The first-order valence-corrected chi connectivity index (χ1v) is 6.30. The zero-order chi connectivity index (χ0) is 14.4. The van der Waals surface area contributed by atoms with Gasteiger partial charge in [-0.05, 0) is 24.1 Å². The van der Waals surface area contributed by atoms with Crippen molar-refractivity contribution in [3.05, 3.63) is 54.2 Å². The van der Waals surface area contributed by atoms with Gasteiger partial charge in [0.15, 0.2) is 0 Å². The Balaban J connectivity index is 2.01. The molecule has 1 aromatic carbocycles. The highest BCUT2D eigenvalue weighted by Gasteiger charge is 2.16. The van der Waals surface area contributed by atoms with Gasteiger partial charge in [0.05, 0.1) is 13.2 Å². The van der Waals surface area contributed by atoms with Crippen LogP contribution in [0.3, 0.4) is 0 Å². The molecule has 0 spiro atoms. The van der Waals surface area contributed by atoms with Crippen molar-refractivity contribution in [1.82, 2.24) is 4.98 Å². The topological polar surface area (TPSA) is 77.2 Å². The van der Waals surface area contributed by atoms with Crippen LogP contribution in [0, 0.1) is 0 Å². The first kappa shape index (κ1) is 14.0. The number of nitrogens with one attached hydrogen (secondary N) is 1. The minimum absolute atomic E-state index is 0.264. The molecule has 0 unspecified atom stereocenters. The summed E-state index contributed by atoms with van der Waals surface area (Å²) >= 11 is 0. The van der Waals surface area contributed by atoms with Crippen LogP contribution in [0.15, 0.2) is 48.7 Å².